The van der Waals surface area contributed by atoms with Crippen molar-refractivity contribution in [2.24, 2.45) is 0 Å². The van der Waals surface area contributed by atoms with Gasteiger partial charge in [-0.3, -0.25) is 9.59 Å². The van der Waals surface area contributed by atoms with Crippen LogP contribution >= 0.6 is 46.4 Å². The van der Waals surface area contributed by atoms with Crippen LogP contribution in [0.2, 0.25) is 20.4 Å². The lowest BCUT2D eigenvalue weighted by Crippen LogP contribution is -2.11. The fraction of sp³-hybridized carbons (Fsp3) is 0.125. The maximum Gasteiger partial charge on any atom is 0.355 e. The zero-order valence-corrected chi connectivity index (χ0v) is 17.1. The van der Waals surface area contributed by atoms with Gasteiger partial charge in [0.2, 0.25) is 0 Å². The third-order valence-corrected chi connectivity index (χ3v) is 3.97. The van der Waals surface area contributed by atoms with Crippen molar-refractivity contribution in [1.29, 1.82) is 0 Å². The summed E-state index contributed by atoms with van der Waals surface area (Å²) in [6.45, 7) is 2.63. The second-order valence-electron chi connectivity index (χ2n) is 5.02. The first-order valence-corrected chi connectivity index (χ1v) is 8.58. The molecule has 28 heavy (non-hydrogen) atoms. The Bertz CT molecular complexity index is 914. The maximum absolute atomic E-state index is 11.2. The predicted octanol–water partition coefficient (Wildman–Crippen LogP) is 4.58. The van der Waals surface area contributed by atoms with Crippen LogP contribution in [-0.2, 0) is 0 Å². The number of hydrogen-bond acceptors (Lipinski definition) is 6. The highest BCUT2D eigenvalue weighted by Crippen LogP contribution is 2.24. The Balaban J connectivity index is 0.000000280. The normalized spacial score (nSPS) is 9.93. The molecular formula is C16H10Cl4N2O6. The molecule has 2 rings (SSSR count). The topological polar surface area (TPSA) is 135 Å². The van der Waals surface area contributed by atoms with Gasteiger partial charge in [0.15, 0.2) is 17.3 Å². The van der Waals surface area contributed by atoms with Crippen LogP contribution in [0.25, 0.3) is 0 Å². The minimum Gasteiger partial charge on any atom is -0.478 e. The number of carboxylic acids is 2. The van der Waals surface area contributed by atoms with E-state index >= 15 is 0 Å². The molecule has 0 spiro atoms. The van der Waals surface area contributed by atoms with Gasteiger partial charge in [-0.2, -0.15) is 0 Å². The summed E-state index contributed by atoms with van der Waals surface area (Å²) in [6.07, 6.45) is 0. The standard InChI is InChI=1S/C9H7Cl2NO2.C7H3Cl2NO4/c1-4(13)8-6(10)3-7(11)12-9(8)5(2)14;8-2-1-3(9)10-5(7(13)14)4(2)6(11)12/h3H,1-2H3;1H,(H,11,12)(H,13,14). The molecule has 0 saturated carbocycles. The molecule has 12 heteroatoms. The zero-order valence-electron chi connectivity index (χ0n) is 14.1. The van der Waals surface area contributed by atoms with Gasteiger partial charge in [0.25, 0.3) is 0 Å². The highest BCUT2D eigenvalue weighted by Gasteiger charge is 2.22. The van der Waals surface area contributed by atoms with Gasteiger partial charge < -0.3 is 10.2 Å². The first-order chi connectivity index (χ1) is 12.9. The van der Waals surface area contributed by atoms with Crippen LogP contribution in [0, 0.1) is 0 Å². The lowest BCUT2D eigenvalue weighted by molar-refractivity contribution is 0.0646. The number of rotatable bonds is 4. The summed E-state index contributed by atoms with van der Waals surface area (Å²) >= 11 is 22.3. The van der Waals surface area contributed by atoms with Crippen molar-refractivity contribution in [2.75, 3.05) is 0 Å². The molecule has 0 aliphatic rings. The summed E-state index contributed by atoms with van der Waals surface area (Å²) in [7, 11) is 0. The van der Waals surface area contributed by atoms with E-state index in [1.54, 1.807) is 0 Å². The van der Waals surface area contributed by atoms with Gasteiger partial charge in [0.05, 0.1) is 15.6 Å². The Morgan fingerprint density at radius 3 is 1.50 bits per heavy atom. The van der Waals surface area contributed by atoms with Gasteiger partial charge in [-0.1, -0.05) is 46.4 Å². The van der Waals surface area contributed by atoms with Crippen molar-refractivity contribution in [3.8, 4) is 0 Å². The van der Waals surface area contributed by atoms with Crippen LogP contribution in [0.5, 0.6) is 0 Å². The van der Waals surface area contributed by atoms with Crippen molar-refractivity contribution in [3.05, 3.63) is 55.0 Å². The number of aromatic nitrogens is 2. The van der Waals surface area contributed by atoms with E-state index in [1.807, 2.05) is 0 Å². The smallest absolute Gasteiger partial charge is 0.355 e. The van der Waals surface area contributed by atoms with Crippen LogP contribution in [0.1, 0.15) is 55.5 Å². The van der Waals surface area contributed by atoms with Gasteiger partial charge in [0, 0.05) is 6.92 Å². The summed E-state index contributed by atoms with van der Waals surface area (Å²) in [5, 5.41) is 17.1. The molecule has 0 atom stereocenters. The first-order valence-electron chi connectivity index (χ1n) is 7.07. The summed E-state index contributed by atoms with van der Waals surface area (Å²) < 4.78 is 0. The van der Waals surface area contributed by atoms with Crippen molar-refractivity contribution < 1.29 is 29.4 Å². The van der Waals surface area contributed by atoms with Crippen LogP contribution in [0.15, 0.2) is 12.1 Å². The number of pyridine rings is 2. The number of aromatic carboxylic acids is 2. The molecule has 0 radical (unpaired) electrons. The second-order valence-corrected chi connectivity index (χ2v) is 6.61. The molecular weight excluding hydrogens is 458 g/mol. The SMILES string of the molecule is CC(=O)c1nc(Cl)cc(Cl)c1C(C)=O.O=C(O)c1nc(Cl)cc(Cl)c1C(=O)O. The van der Waals surface area contributed by atoms with Gasteiger partial charge in [-0.25, -0.2) is 19.6 Å². The number of halogens is 4. The number of Topliss-reactive ketones (excluding diaryl/α,β-unsaturated/α-hetero) is 2. The molecule has 0 saturated heterocycles. The molecule has 0 aromatic carbocycles. The molecule has 2 heterocycles. The summed E-state index contributed by atoms with van der Waals surface area (Å²) in [5.41, 5.74) is -1.09. The summed E-state index contributed by atoms with van der Waals surface area (Å²) in [4.78, 5) is 50.7. The fourth-order valence-corrected chi connectivity index (χ4v) is 3.02. The number of carbonyl (C=O) groups is 4. The molecule has 2 N–H and O–H groups in total. The van der Waals surface area contributed by atoms with Crippen molar-refractivity contribution in [1.82, 2.24) is 9.97 Å². The molecule has 0 unspecified atom stereocenters. The predicted molar refractivity (Wildman–Crippen MR) is 102 cm³/mol. The van der Waals surface area contributed by atoms with E-state index in [2.05, 4.69) is 9.97 Å². The Kier molecular flexibility index (Phi) is 8.31. The Morgan fingerprint density at radius 1 is 0.714 bits per heavy atom. The lowest BCUT2D eigenvalue weighted by atomic mass is 10.1. The molecule has 2 aromatic rings. The largest absolute Gasteiger partial charge is 0.478 e. The number of carbonyl (C=O) groups excluding carboxylic acids is 2. The Morgan fingerprint density at radius 2 is 1.14 bits per heavy atom. The van der Waals surface area contributed by atoms with E-state index in [-0.39, 0.29) is 43.2 Å². The van der Waals surface area contributed by atoms with Crippen molar-refractivity contribution in [2.45, 2.75) is 13.8 Å². The van der Waals surface area contributed by atoms with E-state index in [9.17, 15) is 19.2 Å². The number of carboxylic acid groups (broad SMARTS) is 2. The van der Waals surface area contributed by atoms with E-state index in [4.69, 9.17) is 56.6 Å². The van der Waals surface area contributed by atoms with E-state index < -0.39 is 23.2 Å². The minimum atomic E-state index is -1.49. The molecule has 0 aliphatic carbocycles. The first kappa shape index (κ1) is 23.8. The molecule has 0 amide bonds. The molecule has 0 fully saturated rings. The third kappa shape index (κ3) is 5.87. The molecule has 148 valence electrons. The lowest BCUT2D eigenvalue weighted by Gasteiger charge is -2.05. The monoisotopic (exact) mass is 466 g/mol. The third-order valence-electron chi connectivity index (χ3n) is 2.98. The number of hydrogen-bond donors (Lipinski definition) is 2. The average molecular weight is 468 g/mol. The molecule has 2 aromatic heterocycles. The molecule has 8 nitrogen and oxygen atoms in total. The van der Waals surface area contributed by atoms with Crippen molar-refractivity contribution >= 4 is 69.9 Å². The van der Waals surface area contributed by atoms with Gasteiger partial charge in [-0.05, 0) is 19.1 Å². The minimum absolute atomic E-state index is 0.0231. The summed E-state index contributed by atoms with van der Waals surface area (Å²) in [6, 6.07) is 2.41. The highest BCUT2D eigenvalue weighted by molar-refractivity contribution is 6.37. The van der Waals surface area contributed by atoms with Crippen LogP contribution in [0.3, 0.4) is 0 Å². The maximum atomic E-state index is 11.2. The second kappa shape index (κ2) is 9.79. The highest BCUT2D eigenvalue weighted by atomic mass is 35.5. The number of nitrogens with zero attached hydrogens (tertiary/aromatic N) is 2. The van der Waals surface area contributed by atoms with Crippen molar-refractivity contribution in [3.63, 3.8) is 0 Å². The molecule has 0 bridgehead atoms. The van der Waals surface area contributed by atoms with Gasteiger partial charge >= 0.3 is 11.9 Å². The van der Waals surface area contributed by atoms with Gasteiger partial charge in [-0.15, -0.1) is 0 Å². The van der Waals surface area contributed by atoms with E-state index in [0.717, 1.165) is 6.07 Å². The van der Waals surface area contributed by atoms with Crippen LogP contribution in [0.4, 0.5) is 0 Å². The van der Waals surface area contributed by atoms with E-state index in [0.29, 0.717) is 0 Å². The Labute approximate surface area is 178 Å². The Hall–Kier alpha value is -2.26. The fourth-order valence-electron chi connectivity index (χ4n) is 1.92. The number of ketones is 2. The van der Waals surface area contributed by atoms with Crippen LogP contribution in [-0.4, -0.2) is 43.7 Å². The van der Waals surface area contributed by atoms with Gasteiger partial charge in [0.1, 0.15) is 21.6 Å². The van der Waals surface area contributed by atoms with Crippen LogP contribution < -0.4 is 0 Å². The summed E-state index contributed by atoms with van der Waals surface area (Å²) in [5.74, 6) is -3.59. The average Bonchev–Trinajstić information content (AvgIpc) is 2.52. The zero-order chi connectivity index (χ0) is 21.8. The molecule has 0 aliphatic heterocycles. The quantitative estimate of drug-likeness (QED) is 0.492. The van der Waals surface area contributed by atoms with E-state index in [1.165, 1.54) is 19.9 Å².